The Morgan fingerprint density at radius 2 is 1.01 bits per heavy atom. The number of H-pyrrole nitrogens is 1. The summed E-state index contributed by atoms with van der Waals surface area (Å²) in [5.41, 5.74) is 24.2. The maximum atomic E-state index is 11.9. The molecule has 17 heteroatoms. The molecule has 1 amide bonds. The zero-order valence-corrected chi connectivity index (χ0v) is 52.8. The average Bonchev–Trinajstić information content (AvgIpc) is 1.63. The quantitative estimate of drug-likeness (QED) is 0.0574. The van der Waals surface area contributed by atoms with E-state index in [4.69, 9.17) is 46.8 Å². The molecule has 92 heavy (non-hydrogen) atoms. The van der Waals surface area contributed by atoms with Gasteiger partial charge in [0.15, 0.2) is 5.69 Å². The maximum absolute atomic E-state index is 11.9. The van der Waals surface area contributed by atoms with Crippen LogP contribution in [0.1, 0.15) is 125 Å². The van der Waals surface area contributed by atoms with Gasteiger partial charge in [0.1, 0.15) is 17.5 Å². The fourth-order valence-corrected chi connectivity index (χ4v) is 12.8. The first-order valence-electron chi connectivity index (χ1n) is 32.6. The van der Waals surface area contributed by atoms with Crippen LogP contribution in [0.15, 0.2) is 164 Å². The molecule has 0 saturated carbocycles. The number of rotatable bonds is 12. The molecule has 6 N–H and O–H groups in total. The van der Waals surface area contributed by atoms with Crippen molar-refractivity contribution >= 4 is 73.4 Å². The van der Waals surface area contributed by atoms with Gasteiger partial charge in [-0.05, 0) is 175 Å². The molecule has 0 bridgehead atoms. The number of hydrogen-bond acceptors (Lipinski definition) is 11. The molecule has 0 fully saturated rings. The van der Waals surface area contributed by atoms with Crippen molar-refractivity contribution < 1.29 is 7.76 Å². The number of hydrogen-bond donors (Lipinski definition) is 5. The SMILES string of the molecule is Cc1cc2c(C#N)cccc2n1-c1nc2c(c(NCc3ccccc3)n1)CCCC2.Cc1cc2c(C(N)=O)cccc2n1-c1nc2c(c(NCc3ccccc3)n1)CCCC2.Clc1nc2c(c(NCc3ccccc3)n1)CCCC2.[3H][3H].[C-]#[N+]c1cccc2[nH]c(C)cc12. The van der Waals surface area contributed by atoms with Crippen molar-refractivity contribution in [3.63, 3.8) is 0 Å². The van der Waals surface area contributed by atoms with E-state index in [-0.39, 0.29) is 0 Å². The number of nitrogens with one attached hydrogen (secondary N) is 4. The standard InChI is InChI=1S/C25H25N5O.C25H23N5.C15H16ClN3.C10H8N2.H2/c1-16-14-20-18(23(26)31)11-7-13-22(20)30(16)25-28-21-12-6-5-10-19(21)24(29-25)27-15-17-8-3-2-4-9-17;1-17-14-21-19(15-26)10-7-13-23(21)30(17)25-28-22-12-6-5-11-20(22)24(29-25)27-16-18-8-3-2-4-9-18;16-15-18-13-9-5-4-8-12(13)14(19-15)17-10-11-6-2-1-3-7-11;1-7-6-8-9(11-2)4-3-5-10(8)12-7;/h2-4,7-9,11,13-14H,5-6,10,12,15H2,1H3,(H2,26,31)(H,27,28,29);2-4,7-10,13-14H,5-6,11-12,16H2,1H3,(H,27,28,29);1-3,6-7H,4-5,8-10H2,(H,17,18,19);3-6,12H,1H3;1H/i;;;;1+2T. The number of benzene rings is 6. The van der Waals surface area contributed by atoms with Crippen molar-refractivity contribution in [2.75, 3.05) is 16.0 Å². The second-order valence-corrected chi connectivity index (χ2v) is 23.8. The molecular weight excluding hydrogens is 1160 g/mol. The van der Waals surface area contributed by atoms with E-state index in [1.165, 1.54) is 52.6 Å². The molecule has 0 atom stereocenters. The van der Waals surface area contributed by atoms with Gasteiger partial charge in [0.25, 0.3) is 0 Å². The lowest BCUT2D eigenvalue weighted by molar-refractivity contribution is 0.100. The summed E-state index contributed by atoms with van der Waals surface area (Å²) in [5, 5.41) is 23.1. The van der Waals surface area contributed by atoms with Gasteiger partial charge in [0.2, 0.25) is 23.1 Å². The Labute approximate surface area is 543 Å². The van der Waals surface area contributed by atoms with Crippen LogP contribution in [-0.4, -0.2) is 49.9 Å². The molecular formula is C75H74ClN15O. The van der Waals surface area contributed by atoms with Crippen LogP contribution in [0.4, 0.5) is 23.1 Å². The van der Waals surface area contributed by atoms with Crippen LogP contribution in [0.3, 0.4) is 0 Å². The van der Waals surface area contributed by atoms with Gasteiger partial charge < -0.3 is 26.7 Å². The van der Waals surface area contributed by atoms with Crippen LogP contribution in [0, 0.1) is 38.7 Å². The van der Waals surface area contributed by atoms with Gasteiger partial charge in [-0.3, -0.25) is 13.9 Å². The van der Waals surface area contributed by atoms with Crippen molar-refractivity contribution in [1.29, 1.82) is 5.26 Å². The van der Waals surface area contributed by atoms with E-state index in [1.54, 1.807) is 6.07 Å². The van der Waals surface area contributed by atoms with Gasteiger partial charge in [-0.25, -0.2) is 24.8 Å². The van der Waals surface area contributed by atoms with Crippen molar-refractivity contribution in [3.8, 4) is 18.0 Å². The lowest BCUT2D eigenvalue weighted by Crippen LogP contribution is -2.16. The molecule has 6 heterocycles. The number of nitriles is 1. The Hall–Kier alpha value is -10.7. The summed E-state index contributed by atoms with van der Waals surface area (Å²) < 4.78 is 14.1. The zero-order valence-electron chi connectivity index (χ0n) is 54.0. The summed E-state index contributed by atoms with van der Waals surface area (Å²) >= 11 is 6.00. The number of amides is 1. The van der Waals surface area contributed by atoms with Gasteiger partial charge in [0, 0.05) is 83.6 Å². The van der Waals surface area contributed by atoms with Crippen LogP contribution in [0.2, 0.25) is 5.28 Å². The molecule has 15 rings (SSSR count). The summed E-state index contributed by atoms with van der Waals surface area (Å²) in [6, 6.07) is 56.5. The van der Waals surface area contributed by atoms with E-state index in [9.17, 15) is 10.1 Å². The first-order chi connectivity index (χ1) is 46.0. The minimum Gasteiger partial charge on any atom is -0.366 e. The predicted molar refractivity (Wildman–Crippen MR) is 370 cm³/mol. The molecule has 3 aliphatic rings. The average molecular weight is 1240 g/mol. The third kappa shape index (κ3) is 13.9. The molecule has 6 aromatic carbocycles. The van der Waals surface area contributed by atoms with Crippen molar-refractivity contribution in [1.82, 2.24) is 44.0 Å². The Morgan fingerprint density at radius 1 is 0.565 bits per heavy atom. The second-order valence-electron chi connectivity index (χ2n) is 23.5. The predicted octanol–water partition coefficient (Wildman–Crippen LogP) is 16.3. The van der Waals surface area contributed by atoms with E-state index < -0.39 is 5.91 Å². The van der Waals surface area contributed by atoms with Crippen LogP contribution in [0.5, 0.6) is 0 Å². The molecule has 462 valence electrons. The number of primary amides is 1. The topological polar surface area (TPSA) is 210 Å². The van der Waals surface area contributed by atoms with E-state index in [2.05, 4.69) is 94.9 Å². The molecule has 0 spiro atoms. The number of anilines is 3. The number of halogens is 1. The molecule has 16 nitrogen and oxygen atoms in total. The lowest BCUT2D eigenvalue weighted by atomic mass is 9.96. The van der Waals surface area contributed by atoms with E-state index in [0.29, 0.717) is 34.9 Å². The Bertz CT molecular complexity index is 4730. The summed E-state index contributed by atoms with van der Waals surface area (Å²) in [7, 11) is 0. The highest BCUT2D eigenvalue weighted by Gasteiger charge is 2.24. The lowest BCUT2D eigenvalue weighted by Gasteiger charge is -2.21. The smallest absolute Gasteiger partial charge is 0.249 e. The largest absolute Gasteiger partial charge is 0.366 e. The van der Waals surface area contributed by atoms with E-state index in [0.717, 1.165) is 161 Å². The summed E-state index contributed by atoms with van der Waals surface area (Å²) in [6.45, 7) is 15.2. The Kier molecular flexibility index (Phi) is 18.6. The number of aromatic amines is 1. The van der Waals surface area contributed by atoms with Crippen LogP contribution < -0.4 is 21.7 Å². The maximum Gasteiger partial charge on any atom is 0.249 e. The summed E-state index contributed by atoms with van der Waals surface area (Å²) in [6.07, 6.45) is 13.0. The van der Waals surface area contributed by atoms with Gasteiger partial charge in [-0.2, -0.15) is 15.2 Å². The highest BCUT2D eigenvalue weighted by Crippen LogP contribution is 2.34. The number of aryl methyl sites for hydroxylation is 6. The van der Waals surface area contributed by atoms with Crippen LogP contribution in [0.25, 0.3) is 49.5 Å². The number of nitrogens with zero attached hydrogens (tertiary/aromatic N) is 10. The van der Waals surface area contributed by atoms with Crippen LogP contribution >= 0.6 is 11.6 Å². The normalized spacial score (nSPS) is 13.0. The minimum atomic E-state index is -0.431. The van der Waals surface area contributed by atoms with Crippen molar-refractivity contribution in [3.05, 3.63) is 259 Å². The van der Waals surface area contributed by atoms with Gasteiger partial charge >= 0.3 is 0 Å². The second kappa shape index (κ2) is 28.4. The molecule has 0 saturated heterocycles. The highest BCUT2D eigenvalue weighted by atomic mass is 35.5. The molecule has 0 unspecified atom stereocenters. The number of fused-ring (bicyclic) bond motifs is 6. The molecule has 3 aliphatic carbocycles. The van der Waals surface area contributed by atoms with Crippen molar-refractivity contribution in [2.45, 2.75) is 117 Å². The number of aromatic nitrogens is 9. The van der Waals surface area contributed by atoms with Gasteiger partial charge in [-0.15, -0.1) is 0 Å². The first kappa shape index (κ1) is 60.2. The fraction of sp³-hybridized carbons (Fsp3) is 0.240. The van der Waals surface area contributed by atoms with Crippen LogP contribution in [-0.2, 0) is 58.2 Å². The van der Waals surface area contributed by atoms with Gasteiger partial charge in [0.05, 0.1) is 46.3 Å². The number of nitrogens with two attached hydrogens (primary N) is 1. The van der Waals surface area contributed by atoms with E-state index in [1.807, 2.05) is 135 Å². The van der Waals surface area contributed by atoms with Crippen molar-refractivity contribution in [2.24, 2.45) is 5.73 Å². The molecule has 0 aliphatic heterocycles. The highest BCUT2D eigenvalue weighted by molar-refractivity contribution is 6.28. The number of carbonyl (C=O) groups excluding carboxylic acids is 1. The monoisotopic (exact) mass is 1240 g/mol. The third-order valence-corrected chi connectivity index (χ3v) is 17.3. The fourth-order valence-electron chi connectivity index (χ4n) is 12.7. The first-order valence-corrected chi connectivity index (χ1v) is 31.9. The zero-order chi connectivity index (χ0) is 65.5. The summed E-state index contributed by atoms with van der Waals surface area (Å²) in [4.78, 5) is 47.1. The van der Waals surface area contributed by atoms with Gasteiger partial charge in [-0.1, -0.05) is 115 Å². The molecule has 0 radical (unpaired) electrons. The Balaban J connectivity index is 0.000000133. The summed E-state index contributed by atoms with van der Waals surface area (Å²) in [5.74, 6) is 3.60. The Morgan fingerprint density at radius 3 is 1.50 bits per heavy atom. The minimum absolute atomic E-state index is 0.344. The van der Waals surface area contributed by atoms with E-state index >= 15 is 0 Å². The molecule has 6 aromatic heterocycles. The molecule has 12 aromatic rings. The third-order valence-electron chi connectivity index (χ3n) is 17.1. The number of carbonyl (C=O) groups is 1.